The Hall–Kier alpha value is -0.0800. The molecule has 2 unspecified atom stereocenters. The van der Waals surface area contributed by atoms with E-state index in [0.717, 1.165) is 48.9 Å². The van der Waals surface area contributed by atoms with E-state index in [1.165, 1.54) is 44.9 Å². The number of aliphatic hydroxyl groups is 2. The lowest BCUT2D eigenvalue weighted by molar-refractivity contribution is -0.112. The largest absolute Gasteiger partial charge is 0.393 e. The maximum Gasteiger partial charge on any atom is 0.0648 e. The van der Waals surface area contributed by atoms with Gasteiger partial charge in [-0.2, -0.15) is 0 Å². The molecule has 0 heterocycles. The molecule has 0 aromatic rings. The van der Waals surface area contributed by atoms with Crippen molar-refractivity contribution >= 4 is 0 Å². The number of fused-ring (bicyclic) bond motifs is 5. The van der Waals surface area contributed by atoms with Crippen LogP contribution in [-0.4, -0.2) is 21.9 Å². The summed E-state index contributed by atoms with van der Waals surface area (Å²) in [4.78, 5) is 0. The molecule has 4 rings (SSSR count). The normalized spacial score (nSPS) is 55.4. The topological polar surface area (TPSA) is 40.5 Å². The van der Waals surface area contributed by atoms with Gasteiger partial charge in [0.05, 0.1) is 11.7 Å². The molecule has 4 saturated carbocycles. The van der Waals surface area contributed by atoms with Crippen molar-refractivity contribution in [1.29, 1.82) is 0 Å². The van der Waals surface area contributed by atoms with Crippen LogP contribution in [0.5, 0.6) is 0 Å². The Labute approximate surface area is 148 Å². The van der Waals surface area contributed by atoms with Crippen LogP contribution in [0.15, 0.2) is 0 Å². The highest BCUT2D eigenvalue weighted by molar-refractivity contribution is 5.07. The van der Waals surface area contributed by atoms with Gasteiger partial charge in [0.25, 0.3) is 0 Å². The molecule has 4 aliphatic carbocycles. The highest BCUT2D eigenvalue weighted by atomic mass is 16.3. The Bertz CT molecular complexity index is 475. The third-order valence-corrected chi connectivity index (χ3v) is 9.42. The fraction of sp³-hybridized carbons (Fsp3) is 1.00. The predicted octanol–water partition coefficient (Wildman–Crippen LogP) is 4.78. The summed E-state index contributed by atoms with van der Waals surface area (Å²) in [5, 5.41) is 21.1. The van der Waals surface area contributed by atoms with Gasteiger partial charge in [-0.3, -0.25) is 0 Å². The van der Waals surface area contributed by atoms with Crippen molar-refractivity contribution < 1.29 is 10.2 Å². The van der Waals surface area contributed by atoms with E-state index >= 15 is 0 Å². The summed E-state index contributed by atoms with van der Waals surface area (Å²) in [6.07, 6.45) is 12.2. The van der Waals surface area contributed by atoms with Gasteiger partial charge in [-0.1, -0.05) is 13.8 Å². The van der Waals surface area contributed by atoms with E-state index < -0.39 is 0 Å². The molecule has 9 atom stereocenters. The minimum atomic E-state index is -0.359. The van der Waals surface area contributed by atoms with Crippen LogP contribution in [0.4, 0.5) is 0 Å². The van der Waals surface area contributed by atoms with E-state index in [1.807, 2.05) is 6.92 Å². The summed E-state index contributed by atoms with van der Waals surface area (Å²) in [7, 11) is 0. The summed E-state index contributed by atoms with van der Waals surface area (Å²) >= 11 is 0. The van der Waals surface area contributed by atoms with Crippen molar-refractivity contribution in [2.75, 3.05) is 0 Å². The molecule has 4 aliphatic rings. The van der Waals surface area contributed by atoms with Gasteiger partial charge >= 0.3 is 0 Å². The minimum Gasteiger partial charge on any atom is -0.393 e. The number of rotatable bonds is 2. The van der Waals surface area contributed by atoms with Crippen LogP contribution in [0, 0.1) is 40.9 Å². The zero-order valence-electron chi connectivity index (χ0n) is 16.0. The number of aliphatic hydroxyl groups excluding tert-OH is 1. The van der Waals surface area contributed by atoms with Crippen LogP contribution in [0.2, 0.25) is 0 Å². The molecule has 0 aliphatic heterocycles. The molecule has 0 saturated heterocycles. The molecule has 4 fully saturated rings. The lowest BCUT2D eigenvalue weighted by atomic mass is 9.48. The molecule has 0 radical (unpaired) electrons. The van der Waals surface area contributed by atoms with Gasteiger partial charge < -0.3 is 10.2 Å². The van der Waals surface area contributed by atoms with E-state index in [4.69, 9.17) is 0 Å². The van der Waals surface area contributed by atoms with Gasteiger partial charge in [0.1, 0.15) is 0 Å². The summed E-state index contributed by atoms with van der Waals surface area (Å²) in [6.45, 7) is 6.68. The molecular weight excluding hydrogens is 296 g/mol. The highest BCUT2D eigenvalue weighted by Crippen LogP contribution is 2.65. The van der Waals surface area contributed by atoms with Crippen molar-refractivity contribution in [1.82, 2.24) is 0 Å². The van der Waals surface area contributed by atoms with Crippen LogP contribution in [0.3, 0.4) is 0 Å². The number of hydrogen-bond acceptors (Lipinski definition) is 2. The standard InChI is InChI=1S/C22H38O2/c1-4-22(24)12-10-16-15(13-22)5-6-18-17(16)9-11-21(3)19(14(2)23)7-8-20(18)21/h14-20,23-24H,4-13H2,1-3H3/t14?,15-,16+,17-,18-,19?,20+,21-,22-/m1/s1. The van der Waals surface area contributed by atoms with Crippen LogP contribution in [-0.2, 0) is 0 Å². The van der Waals surface area contributed by atoms with Crippen molar-refractivity contribution in [3.05, 3.63) is 0 Å². The average molecular weight is 335 g/mol. The smallest absolute Gasteiger partial charge is 0.0648 e. The molecule has 0 bridgehead atoms. The van der Waals surface area contributed by atoms with E-state index in [2.05, 4.69) is 13.8 Å². The number of hydrogen-bond donors (Lipinski definition) is 2. The monoisotopic (exact) mass is 334 g/mol. The summed E-state index contributed by atoms with van der Waals surface area (Å²) < 4.78 is 0. The van der Waals surface area contributed by atoms with Gasteiger partial charge in [0, 0.05) is 0 Å². The maximum atomic E-state index is 10.8. The first-order chi connectivity index (χ1) is 11.4. The Morgan fingerprint density at radius 1 is 0.958 bits per heavy atom. The third kappa shape index (κ3) is 2.50. The van der Waals surface area contributed by atoms with Crippen LogP contribution in [0.25, 0.3) is 0 Å². The van der Waals surface area contributed by atoms with Gasteiger partial charge in [0.2, 0.25) is 0 Å². The third-order valence-electron chi connectivity index (χ3n) is 9.42. The van der Waals surface area contributed by atoms with Gasteiger partial charge in [-0.15, -0.1) is 0 Å². The van der Waals surface area contributed by atoms with Crippen molar-refractivity contribution in [3.63, 3.8) is 0 Å². The summed E-state index contributed by atoms with van der Waals surface area (Å²) in [5.41, 5.74) is 0.0307. The van der Waals surface area contributed by atoms with Crippen molar-refractivity contribution in [2.45, 2.75) is 96.7 Å². The lowest BCUT2D eigenvalue weighted by Crippen LogP contribution is -2.51. The molecule has 0 aromatic heterocycles. The minimum absolute atomic E-state index is 0.137. The molecule has 2 heteroatoms. The molecule has 0 spiro atoms. The summed E-state index contributed by atoms with van der Waals surface area (Å²) in [5.74, 6) is 4.85. The molecule has 2 nitrogen and oxygen atoms in total. The predicted molar refractivity (Wildman–Crippen MR) is 97.5 cm³/mol. The summed E-state index contributed by atoms with van der Waals surface area (Å²) in [6, 6.07) is 0. The van der Waals surface area contributed by atoms with Crippen molar-refractivity contribution in [3.8, 4) is 0 Å². The molecule has 2 N–H and O–H groups in total. The first kappa shape index (κ1) is 17.3. The van der Waals surface area contributed by atoms with Crippen LogP contribution >= 0.6 is 0 Å². The molecule has 138 valence electrons. The lowest BCUT2D eigenvalue weighted by Gasteiger charge is -2.57. The average Bonchev–Trinajstić information content (AvgIpc) is 2.91. The fourth-order valence-electron chi connectivity index (χ4n) is 8.12. The van der Waals surface area contributed by atoms with E-state index in [1.54, 1.807) is 0 Å². The Balaban J connectivity index is 1.53. The zero-order chi connectivity index (χ0) is 17.1. The molecule has 0 amide bonds. The van der Waals surface area contributed by atoms with E-state index in [9.17, 15) is 10.2 Å². The fourth-order valence-corrected chi connectivity index (χ4v) is 8.12. The highest BCUT2D eigenvalue weighted by Gasteiger charge is 2.58. The molecular formula is C22H38O2. The van der Waals surface area contributed by atoms with Gasteiger partial charge in [-0.05, 0) is 112 Å². The Kier molecular flexibility index (Phi) is 4.32. The zero-order valence-corrected chi connectivity index (χ0v) is 16.0. The van der Waals surface area contributed by atoms with E-state index in [0.29, 0.717) is 11.3 Å². The van der Waals surface area contributed by atoms with Gasteiger partial charge in [-0.25, -0.2) is 0 Å². The van der Waals surface area contributed by atoms with Gasteiger partial charge in [0.15, 0.2) is 0 Å². The first-order valence-electron chi connectivity index (χ1n) is 10.8. The van der Waals surface area contributed by atoms with Crippen LogP contribution in [0.1, 0.15) is 85.0 Å². The van der Waals surface area contributed by atoms with E-state index in [-0.39, 0.29) is 11.7 Å². The van der Waals surface area contributed by atoms with Crippen LogP contribution < -0.4 is 0 Å². The molecule has 0 aromatic carbocycles. The Morgan fingerprint density at radius 3 is 2.42 bits per heavy atom. The SMILES string of the molecule is CC[C@@]1(O)CC[C@H]2[C@H](CC[C@@H]3[C@@H]2CC[C@]2(C)C(C(C)O)CC[C@@H]32)C1. The second-order valence-corrected chi connectivity index (χ2v) is 10.2. The second kappa shape index (κ2) is 5.98. The quantitative estimate of drug-likeness (QED) is 0.763. The maximum absolute atomic E-state index is 10.8. The first-order valence-corrected chi connectivity index (χ1v) is 10.8. The molecule has 24 heavy (non-hydrogen) atoms. The Morgan fingerprint density at radius 2 is 1.71 bits per heavy atom. The second-order valence-electron chi connectivity index (χ2n) is 10.2. The van der Waals surface area contributed by atoms with Crippen molar-refractivity contribution in [2.24, 2.45) is 40.9 Å².